The van der Waals surface area contributed by atoms with Crippen LogP contribution in [0.1, 0.15) is 32.4 Å². The molecule has 0 aromatic heterocycles. The van der Waals surface area contributed by atoms with Crippen LogP contribution in [0.3, 0.4) is 0 Å². The molecule has 2 aliphatic heterocycles. The molecule has 0 bridgehead atoms. The van der Waals surface area contributed by atoms with E-state index in [0.29, 0.717) is 29.9 Å². The molecule has 1 aromatic carbocycles. The van der Waals surface area contributed by atoms with Gasteiger partial charge in [0, 0.05) is 45.0 Å². The van der Waals surface area contributed by atoms with Crippen molar-refractivity contribution in [2.75, 3.05) is 52.4 Å². The number of benzene rings is 1. The summed E-state index contributed by atoms with van der Waals surface area (Å²) in [7, 11) is 0. The van der Waals surface area contributed by atoms with Gasteiger partial charge in [-0.2, -0.15) is 0 Å². The third-order valence-corrected chi connectivity index (χ3v) is 5.72. The molecule has 8 heteroatoms. The molecule has 2 aliphatic rings. The van der Waals surface area contributed by atoms with E-state index in [1.807, 2.05) is 6.92 Å². The normalized spacial score (nSPS) is 21.0. The third kappa shape index (κ3) is 4.82. The minimum absolute atomic E-state index is 0.223. The van der Waals surface area contributed by atoms with E-state index in [9.17, 15) is 14.0 Å². The van der Waals surface area contributed by atoms with Crippen molar-refractivity contribution >= 4 is 12.0 Å². The molecular formula is C22H31FN4O3. The Morgan fingerprint density at radius 3 is 2.43 bits per heavy atom. The summed E-state index contributed by atoms with van der Waals surface area (Å²) >= 11 is 0. The van der Waals surface area contributed by atoms with Gasteiger partial charge in [-0.1, -0.05) is 19.1 Å². The number of hydrogen-bond donors (Lipinski definition) is 1. The maximum atomic E-state index is 13.9. The van der Waals surface area contributed by atoms with E-state index in [-0.39, 0.29) is 12.6 Å². The Labute approximate surface area is 177 Å². The van der Waals surface area contributed by atoms with Crippen molar-refractivity contribution in [3.8, 4) is 0 Å². The zero-order chi connectivity index (χ0) is 21.7. The van der Waals surface area contributed by atoms with Crippen LogP contribution in [-0.4, -0.2) is 79.1 Å². The number of carbonyl (C=O) groups is 2. The zero-order valence-corrected chi connectivity index (χ0v) is 18.0. The molecule has 0 radical (unpaired) electrons. The van der Waals surface area contributed by atoms with Gasteiger partial charge >= 0.3 is 12.0 Å². The van der Waals surface area contributed by atoms with E-state index in [2.05, 4.69) is 22.0 Å². The van der Waals surface area contributed by atoms with Crippen LogP contribution in [0.25, 0.3) is 0 Å². The highest BCUT2D eigenvalue weighted by molar-refractivity contribution is 5.95. The molecule has 1 fully saturated rings. The van der Waals surface area contributed by atoms with E-state index in [1.54, 1.807) is 24.0 Å². The van der Waals surface area contributed by atoms with Crippen molar-refractivity contribution in [3.63, 3.8) is 0 Å². The monoisotopic (exact) mass is 418 g/mol. The quantitative estimate of drug-likeness (QED) is 0.689. The Kier molecular flexibility index (Phi) is 7.44. The maximum absolute atomic E-state index is 13.9. The summed E-state index contributed by atoms with van der Waals surface area (Å²) in [4.78, 5) is 32.1. The van der Waals surface area contributed by atoms with Crippen LogP contribution in [0.2, 0.25) is 0 Å². The van der Waals surface area contributed by atoms with E-state index < -0.39 is 17.8 Å². The second-order valence-electron chi connectivity index (χ2n) is 7.47. The van der Waals surface area contributed by atoms with Crippen LogP contribution in [0.15, 0.2) is 35.5 Å². The average molecular weight is 419 g/mol. The summed E-state index contributed by atoms with van der Waals surface area (Å²) in [6.07, 6.45) is 0. The van der Waals surface area contributed by atoms with Crippen LogP contribution in [0.5, 0.6) is 0 Å². The first-order valence-corrected chi connectivity index (χ1v) is 10.7. The second-order valence-corrected chi connectivity index (χ2v) is 7.47. The van der Waals surface area contributed by atoms with Gasteiger partial charge in [-0.3, -0.25) is 9.80 Å². The van der Waals surface area contributed by atoms with Crippen LogP contribution < -0.4 is 5.32 Å². The minimum atomic E-state index is -0.748. The van der Waals surface area contributed by atoms with Crippen molar-refractivity contribution in [1.29, 1.82) is 0 Å². The first kappa shape index (κ1) is 22.2. The SMILES string of the molecule is CCOC(=O)C1=C(CN2CCN(CC)CC2)N(CC)C(=O)N[C@H]1c1cccc(F)c1. The van der Waals surface area contributed by atoms with Crippen molar-refractivity contribution in [3.05, 3.63) is 46.9 Å². The molecule has 7 nitrogen and oxygen atoms in total. The summed E-state index contributed by atoms with van der Waals surface area (Å²) in [5.41, 5.74) is 1.54. The summed E-state index contributed by atoms with van der Waals surface area (Å²) in [5.74, 6) is -0.896. The predicted molar refractivity (Wildman–Crippen MR) is 112 cm³/mol. The molecule has 1 N–H and O–H groups in total. The van der Waals surface area contributed by atoms with E-state index in [1.165, 1.54) is 12.1 Å². The van der Waals surface area contributed by atoms with Crippen LogP contribution in [-0.2, 0) is 9.53 Å². The Hall–Kier alpha value is -2.45. The van der Waals surface area contributed by atoms with Crippen molar-refractivity contribution in [2.24, 2.45) is 0 Å². The minimum Gasteiger partial charge on any atom is -0.463 e. The van der Waals surface area contributed by atoms with Gasteiger partial charge in [-0.25, -0.2) is 14.0 Å². The number of nitrogens with one attached hydrogen (secondary N) is 1. The summed E-state index contributed by atoms with van der Waals surface area (Å²) in [6.45, 7) is 11.5. The number of urea groups is 1. The molecule has 0 spiro atoms. The molecule has 0 unspecified atom stereocenters. The fourth-order valence-electron chi connectivity index (χ4n) is 4.07. The van der Waals surface area contributed by atoms with Gasteiger partial charge in [0.05, 0.1) is 18.2 Å². The van der Waals surface area contributed by atoms with Crippen molar-refractivity contribution in [2.45, 2.75) is 26.8 Å². The number of carbonyl (C=O) groups excluding carboxylic acids is 2. The first-order valence-electron chi connectivity index (χ1n) is 10.7. The molecule has 1 saturated heterocycles. The molecular weight excluding hydrogens is 387 g/mol. The van der Waals surface area contributed by atoms with Gasteiger partial charge in [0.15, 0.2) is 0 Å². The lowest BCUT2D eigenvalue weighted by Crippen LogP contribution is -2.53. The molecule has 0 saturated carbocycles. The lowest BCUT2D eigenvalue weighted by Gasteiger charge is -2.40. The first-order chi connectivity index (χ1) is 14.5. The number of ether oxygens (including phenoxy) is 1. The molecule has 0 aliphatic carbocycles. The van der Waals surface area contributed by atoms with Gasteiger partial charge in [0.1, 0.15) is 5.82 Å². The maximum Gasteiger partial charge on any atom is 0.338 e. The molecule has 30 heavy (non-hydrogen) atoms. The smallest absolute Gasteiger partial charge is 0.338 e. The largest absolute Gasteiger partial charge is 0.463 e. The fraction of sp³-hybridized carbons (Fsp3) is 0.545. The number of amides is 2. The third-order valence-electron chi connectivity index (χ3n) is 5.72. The number of esters is 1. The lowest BCUT2D eigenvalue weighted by molar-refractivity contribution is -0.139. The van der Waals surface area contributed by atoms with E-state index in [0.717, 1.165) is 32.7 Å². The summed E-state index contributed by atoms with van der Waals surface area (Å²) < 4.78 is 19.3. The number of nitrogens with zero attached hydrogens (tertiary/aromatic N) is 3. The number of piperazine rings is 1. The average Bonchev–Trinajstić information content (AvgIpc) is 2.74. The topological polar surface area (TPSA) is 65.1 Å². The zero-order valence-electron chi connectivity index (χ0n) is 18.0. The molecule has 2 heterocycles. The lowest BCUT2D eigenvalue weighted by atomic mass is 9.94. The van der Waals surface area contributed by atoms with Crippen molar-refractivity contribution < 1.29 is 18.7 Å². The highest BCUT2D eigenvalue weighted by Crippen LogP contribution is 2.32. The van der Waals surface area contributed by atoms with Crippen LogP contribution in [0.4, 0.5) is 9.18 Å². The fourth-order valence-corrected chi connectivity index (χ4v) is 4.07. The Balaban J connectivity index is 2.01. The van der Waals surface area contributed by atoms with Gasteiger partial charge in [0.2, 0.25) is 0 Å². The number of rotatable bonds is 7. The van der Waals surface area contributed by atoms with Gasteiger partial charge in [-0.05, 0) is 38.1 Å². The van der Waals surface area contributed by atoms with E-state index in [4.69, 9.17) is 4.74 Å². The van der Waals surface area contributed by atoms with Gasteiger partial charge in [0.25, 0.3) is 0 Å². The Morgan fingerprint density at radius 2 is 1.83 bits per heavy atom. The molecule has 3 rings (SSSR count). The Bertz CT molecular complexity index is 805. The number of halogens is 1. The summed E-state index contributed by atoms with van der Waals surface area (Å²) in [6, 6.07) is 4.95. The highest BCUT2D eigenvalue weighted by Gasteiger charge is 2.38. The molecule has 2 amide bonds. The molecule has 164 valence electrons. The number of likely N-dealkylation sites (N-methyl/N-ethyl adjacent to an activating group) is 2. The Morgan fingerprint density at radius 1 is 1.13 bits per heavy atom. The standard InChI is InChI=1S/C22H31FN4O3/c1-4-25-10-12-26(13-11-25)15-18-19(21(28)30-6-3)20(24-22(29)27(18)5-2)16-8-7-9-17(23)14-16/h7-9,14,20H,4-6,10-13,15H2,1-3H3,(H,24,29)/t20-/m0/s1. The van der Waals surface area contributed by atoms with Crippen LogP contribution in [0, 0.1) is 5.82 Å². The number of hydrogen-bond acceptors (Lipinski definition) is 5. The predicted octanol–water partition coefficient (Wildman–Crippen LogP) is 2.37. The van der Waals surface area contributed by atoms with Gasteiger partial charge < -0.3 is 15.0 Å². The molecule has 1 aromatic rings. The van der Waals surface area contributed by atoms with Crippen LogP contribution >= 0.6 is 0 Å². The molecule has 1 atom stereocenters. The second kappa shape index (κ2) is 10.0. The van der Waals surface area contributed by atoms with E-state index >= 15 is 0 Å². The summed E-state index contributed by atoms with van der Waals surface area (Å²) in [5, 5.41) is 2.87. The van der Waals surface area contributed by atoms with Gasteiger partial charge in [-0.15, -0.1) is 0 Å². The highest BCUT2D eigenvalue weighted by atomic mass is 19.1. The van der Waals surface area contributed by atoms with Crippen molar-refractivity contribution in [1.82, 2.24) is 20.0 Å².